The molecule has 3 heterocycles. The first-order chi connectivity index (χ1) is 9.53. The van der Waals surface area contributed by atoms with Gasteiger partial charge in [0.2, 0.25) is 17.8 Å². The number of aromatic nitrogens is 3. The third-order valence-electron chi connectivity index (χ3n) is 3.88. The monoisotopic (exact) mass is 278 g/mol. The fourth-order valence-corrected chi connectivity index (χ4v) is 2.70. The van der Waals surface area contributed by atoms with E-state index >= 15 is 0 Å². The second-order valence-electron chi connectivity index (χ2n) is 6.23. The molecule has 0 aromatic carbocycles. The third-order valence-corrected chi connectivity index (χ3v) is 3.88. The van der Waals surface area contributed by atoms with Crippen molar-refractivity contribution in [3.8, 4) is 0 Å². The third kappa shape index (κ3) is 2.77. The Labute approximate surface area is 119 Å². The molecule has 1 aromatic rings. The number of nitrogen functional groups attached to an aromatic ring is 1. The smallest absolute Gasteiger partial charge is 0.232 e. The lowest BCUT2D eigenvalue weighted by Crippen LogP contribution is -2.38. The summed E-state index contributed by atoms with van der Waals surface area (Å²) < 4.78 is 5.35. The molecule has 2 N–H and O–H groups in total. The maximum atomic E-state index is 5.85. The molecule has 0 amide bonds. The van der Waals surface area contributed by atoms with Gasteiger partial charge in [-0.3, -0.25) is 0 Å². The molecule has 7 nitrogen and oxygen atoms in total. The van der Waals surface area contributed by atoms with E-state index in [9.17, 15) is 0 Å². The quantitative estimate of drug-likeness (QED) is 0.845. The summed E-state index contributed by atoms with van der Waals surface area (Å²) in [5.74, 6) is 1.66. The molecule has 3 rings (SSSR count). The van der Waals surface area contributed by atoms with Gasteiger partial charge in [-0.15, -0.1) is 0 Å². The summed E-state index contributed by atoms with van der Waals surface area (Å²) in [4.78, 5) is 17.5. The van der Waals surface area contributed by atoms with E-state index in [4.69, 9.17) is 10.5 Å². The maximum absolute atomic E-state index is 5.85. The largest absolute Gasteiger partial charge is 0.378 e. The Bertz CT molecular complexity index is 486. The standard InChI is InChI=1S/C13H22N6O/c1-13(2)3-4-19(9-13)12-16-10(14)15-11(17-12)18-5-7-20-8-6-18/h3-9H2,1-2H3,(H2,14,15,16,17). The highest BCUT2D eigenvalue weighted by atomic mass is 16.5. The molecule has 0 bridgehead atoms. The first-order valence-corrected chi connectivity index (χ1v) is 7.13. The van der Waals surface area contributed by atoms with Gasteiger partial charge in [0.15, 0.2) is 0 Å². The molecule has 7 heteroatoms. The van der Waals surface area contributed by atoms with Gasteiger partial charge in [0.25, 0.3) is 0 Å². The summed E-state index contributed by atoms with van der Waals surface area (Å²) >= 11 is 0. The number of nitrogens with two attached hydrogens (primary N) is 1. The average Bonchev–Trinajstić information content (AvgIpc) is 2.79. The fraction of sp³-hybridized carbons (Fsp3) is 0.769. The highest BCUT2D eigenvalue weighted by molar-refractivity contribution is 5.44. The van der Waals surface area contributed by atoms with Crippen molar-refractivity contribution in [2.24, 2.45) is 5.41 Å². The Morgan fingerprint density at radius 3 is 2.25 bits per heavy atom. The fourth-order valence-electron chi connectivity index (χ4n) is 2.70. The lowest BCUT2D eigenvalue weighted by molar-refractivity contribution is 0.122. The Morgan fingerprint density at radius 1 is 1.00 bits per heavy atom. The van der Waals surface area contributed by atoms with Crippen LogP contribution in [0.5, 0.6) is 0 Å². The molecule has 110 valence electrons. The topological polar surface area (TPSA) is 80.4 Å². The highest BCUT2D eigenvalue weighted by Crippen LogP contribution is 2.31. The first kappa shape index (κ1) is 13.4. The van der Waals surface area contributed by atoms with Crippen molar-refractivity contribution in [2.45, 2.75) is 20.3 Å². The van der Waals surface area contributed by atoms with E-state index in [1.54, 1.807) is 0 Å². The van der Waals surface area contributed by atoms with Crippen molar-refractivity contribution in [2.75, 3.05) is 54.9 Å². The van der Waals surface area contributed by atoms with Crippen LogP contribution < -0.4 is 15.5 Å². The van der Waals surface area contributed by atoms with Crippen molar-refractivity contribution >= 4 is 17.8 Å². The van der Waals surface area contributed by atoms with Crippen molar-refractivity contribution in [3.05, 3.63) is 0 Å². The highest BCUT2D eigenvalue weighted by Gasteiger charge is 2.31. The molecule has 0 unspecified atom stereocenters. The van der Waals surface area contributed by atoms with Crippen LogP contribution in [-0.4, -0.2) is 54.3 Å². The van der Waals surface area contributed by atoms with Crippen LogP contribution >= 0.6 is 0 Å². The van der Waals surface area contributed by atoms with Crippen LogP contribution in [0.4, 0.5) is 17.8 Å². The number of hydrogen-bond donors (Lipinski definition) is 1. The van der Waals surface area contributed by atoms with Crippen LogP contribution in [0.15, 0.2) is 0 Å². The van der Waals surface area contributed by atoms with Gasteiger partial charge in [-0.2, -0.15) is 15.0 Å². The molecule has 20 heavy (non-hydrogen) atoms. The number of morpholine rings is 1. The minimum atomic E-state index is 0.293. The molecular weight excluding hydrogens is 256 g/mol. The Balaban J connectivity index is 1.83. The lowest BCUT2D eigenvalue weighted by atomic mass is 9.93. The van der Waals surface area contributed by atoms with Crippen LogP contribution in [0.25, 0.3) is 0 Å². The van der Waals surface area contributed by atoms with Crippen molar-refractivity contribution in [3.63, 3.8) is 0 Å². The van der Waals surface area contributed by atoms with E-state index in [0.29, 0.717) is 36.5 Å². The number of anilines is 3. The Hall–Kier alpha value is -1.63. The maximum Gasteiger partial charge on any atom is 0.232 e. The normalized spacial score (nSPS) is 22.3. The van der Waals surface area contributed by atoms with Crippen LogP contribution in [-0.2, 0) is 4.74 Å². The minimum Gasteiger partial charge on any atom is -0.378 e. The first-order valence-electron chi connectivity index (χ1n) is 7.13. The van der Waals surface area contributed by atoms with Crippen LogP contribution in [0.3, 0.4) is 0 Å². The summed E-state index contributed by atoms with van der Waals surface area (Å²) in [6.45, 7) is 9.47. The molecule has 2 aliphatic rings. The molecule has 0 spiro atoms. The number of nitrogens with zero attached hydrogens (tertiary/aromatic N) is 5. The van der Waals surface area contributed by atoms with E-state index in [1.807, 2.05) is 0 Å². The Kier molecular flexibility index (Phi) is 3.37. The Morgan fingerprint density at radius 2 is 1.65 bits per heavy atom. The van der Waals surface area contributed by atoms with Gasteiger partial charge in [-0.1, -0.05) is 13.8 Å². The van der Waals surface area contributed by atoms with Gasteiger partial charge in [0, 0.05) is 26.2 Å². The zero-order valence-electron chi connectivity index (χ0n) is 12.2. The predicted molar refractivity (Wildman–Crippen MR) is 77.9 cm³/mol. The van der Waals surface area contributed by atoms with Gasteiger partial charge < -0.3 is 20.3 Å². The summed E-state index contributed by atoms with van der Waals surface area (Å²) in [5.41, 5.74) is 6.16. The molecular formula is C13H22N6O. The number of ether oxygens (including phenoxy) is 1. The zero-order chi connectivity index (χ0) is 14.2. The summed E-state index contributed by atoms with van der Waals surface area (Å²) in [7, 11) is 0. The SMILES string of the molecule is CC1(C)CCN(c2nc(N)nc(N3CCOCC3)n2)C1. The summed E-state index contributed by atoms with van der Waals surface area (Å²) in [6.07, 6.45) is 1.14. The van der Waals surface area contributed by atoms with Gasteiger partial charge in [-0.25, -0.2) is 0 Å². The molecule has 0 atom stereocenters. The number of hydrogen-bond acceptors (Lipinski definition) is 7. The molecule has 1 aromatic heterocycles. The van der Waals surface area contributed by atoms with E-state index in [0.717, 1.165) is 32.6 Å². The molecule has 2 fully saturated rings. The van der Waals surface area contributed by atoms with Crippen LogP contribution in [0.1, 0.15) is 20.3 Å². The van der Waals surface area contributed by atoms with E-state index in [2.05, 4.69) is 38.6 Å². The molecule has 2 aliphatic heterocycles. The predicted octanol–water partition coefficient (Wildman–Crippen LogP) is 0.527. The van der Waals surface area contributed by atoms with E-state index in [1.165, 1.54) is 0 Å². The molecule has 0 saturated carbocycles. The van der Waals surface area contributed by atoms with Crippen LogP contribution in [0, 0.1) is 5.41 Å². The van der Waals surface area contributed by atoms with Crippen LogP contribution in [0.2, 0.25) is 0 Å². The van der Waals surface area contributed by atoms with Gasteiger partial charge in [-0.05, 0) is 11.8 Å². The second-order valence-corrected chi connectivity index (χ2v) is 6.23. The van der Waals surface area contributed by atoms with Crippen molar-refractivity contribution < 1.29 is 4.74 Å². The minimum absolute atomic E-state index is 0.293. The summed E-state index contributed by atoms with van der Waals surface area (Å²) in [6, 6.07) is 0. The lowest BCUT2D eigenvalue weighted by Gasteiger charge is -2.27. The van der Waals surface area contributed by atoms with Crippen molar-refractivity contribution in [1.29, 1.82) is 0 Å². The molecule has 2 saturated heterocycles. The second kappa shape index (κ2) is 5.05. The molecule has 0 radical (unpaired) electrons. The van der Waals surface area contributed by atoms with Gasteiger partial charge in [0.1, 0.15) is 0 Å². The van der Waals surface area contributed by atoms with Crippen molar-refractivity contribution in [1.82, 2.24) is 15.0 Å². The zero-order valence-corrected chi connectivity index (χ0v) is 12.2. The van der Waals surface area contributed by atoms with E-state index < -0.39 is 0 Å². The average molecular weight is 278 g/mol. The molecule has 0 aliphatic carbocycles. The summed E-state index contributed by atoms with van der Waals surface area (Å²) in [5, 5.41) is 0. The van der Waals surface area contributed by atoms with Gasteiger partial charge >= 0.3 is 0 Å². The van der Waals surface area contributed by atoms with Gasteiger partial charge in [0.05, 0.1) is 13.2 Å². The van der Waals surface area contributed by atoms with E-state index in [-0.39, 0.29) is 0 Å². The number of rotatable bonds is 2.